The Morgan fingerprint density at radius 1 is 1.19 bits per heavy atom. The fraction of sp³-hybridized carbons (Fsp3) is 0.360. The molecule has 0 spiro atoms. The SMILES string of the molecule is C[C@@]1(C(=O)NC2CCCC2)CSc2c([nH]c3ccccc23)C(=O)N1Cc1ccc(F)cc1. The summed E-state index contributed by atoms with van der Waals surface area (Å²) in [5.74, 6) is -0.226. The molecule has 1 fully saturated rings. The van der Waals surface area contributed by atoms with Crippen LogP contribution in [0, 0.1) is 5.82 Å². The Kier molecular flexibility index (Phi) is 5.45. The summed E-state index contributed by atoms with van der Waals surface area (Å²) in [5, 5.41) is 4.19. The highest BCUT2D eigenvalue weighted by Gasteiger charge is 2.46. The lowest BCUT2D eigenvalue weighted by molar-refractivity contribution is -0.131. The van der Waals surface area contributed by atoms with Crippen LogP contribution in [0.15, 0.2) is 53.4 Å². The molecular weight excluding hydrogens is 425 g/mol. The van der Waals surface area contributed by atoms with Crippen LogP contribution in [0.4, 0.5) is 4.39 Å². The van der Waals surface area contributed by atoms with Gasteiger partial charge in [-0.05, 0) is 43.5 Å². The summed E-state index contributed by atoms with van der Waals surface area (Å²) in [6.07, 6.45) is 4.19. The first kappa shape index (κ1) is 21.1. The Morgan fingerprint density at radius 3 is 2.66 bits per heavy atom. The fourth-order valence-electron chi connectivity index (χ4n) is 4.68. The van der Waals surface area contributed by atoms with E-state index < -0.39 is 5.54 Å². The van der Waals surface area contributed by atoms with Crippen molar-refractivity contribution in [3.05, 3.63) is 65.6 Å². The van der Waals surface area contributed by atoms with Crippen molar-refractivity contribution >= 4 is 34.5 Å². The first-order chi connectivity index (χ1) is 15.5. The lowest BCUT2D eigenvalue weighted by Crippen LogP contribution is -2.60. The number of aromatic nitrogens is 1. The zero-order valence-electron chi connectivity index (χ0n) is 18.0. The second kappa shape index (κ2) is 8.28. The first-order valence-electron chi connectivity index (χ1n) is 11.1. The lowest BCUT2D eigenvalue weighted by atomic mass is 9.98. The minimum atomic E-state index is -1.04. The van der Waals surface area contributed by atoms with Gasteiger partial charge >= 0.3 is 0 Å². The first-order valence-corrected chi connectivity index (χ1v) is 12.1. The van der Waals surface area contributed by atoms with Gasteiger partial charge in [0.25, 0.3) is 5.91 Å². The van der Waals surface area contributed by atoms with Gasteiger partial charge in [0.15, 0.2) is 0 Å². The molecule has 2 aliphatic rings. The highest BCUT2D eigenvalue weighted by atomic mass is 32.2. The summed E-state index contributed by atoms with van der Waals surface area (Å²) in [6, 6.07) is 14.1. The number of halogens is 1. The monoisotopic (exact) mass is 451 g/mol. The lowest BCUT2D eigenvalue weighted by Gasteiger charge is -2.39. The highest BCUT2D eigenvalue weighted by molar-refractivity contribution is 7.99. The summed E-state index contributed by atoms with van der Waals surface area (Å²) in [4.78, 5) is 33.2. The number of hydrogen-bond acceptors (Lipinski definition) is 3. The Balaban J connectivity index is 1.55. The predicted octanol–water partition coefficient (Wildman–Crippen LogP) is 4.87. The normalized spacial score (nSPS) is 21.6. The van der Waals surface area contributed by atoms with Gasteiger partial charge in [-0.2, -0.15) is 0 Å². The molecule has 2 aromatic carbocycles. The van der Waals surface area contributed by atoms with Gasteiger partial charge in [-0.3, -0.25) is 9.59 Å². The van der Waals surface area contributed by atoms with E-state index in [9.17, 15) is 14.0 Å². The molecule has 1 aliphatic carbocycles. The van der Waals surface area contributed by atoms with Gasteiger partial charge < -0.3 is 15.2 Å². The molecule has 2 amide bonds. The van der Waals surface area contributed by atoms with Gasteiger partial charge in [-0.1, -0.05) is 43.2 Å². The molecule has 0 radical (unpaired) electrons. The zero-order chi connectivity index (χ0) is 22.3. The average Bonchev–Trinajstić information content (AvgIpc) is 3.42. The molecule has 2 heterocycles. The Labute approximate surface area is 190 Å². The molecule has 1 atom stereocenters. The molecule has 1 saturated carbocycles. The van der Waals surface area contributed by atoms with E-state index in [0.717, 1.165) is 47.0 Å². The maximum absolute atomic E-state index is 13.9. The number of nitrogens with one attached hydrogen (secondary N) is 2. The molecule has 5 rings (SSSR count). The number of benzene rings is 2. The summed E-state index contributed by atoms with van der Waals surface area (Å²) >= 11 is 1.54. The third-order valence-electron chi connectivity index (χ3n) is 6.64. The molecular formula is C25H26FN3O2S. The van der Waals surface area contributed by atoms with Crippen molar-refractivity contribution in [3.63, 3.8) is 0 Å². The van der Waals surface area contributed by atoms with E-state index in [2.05, 4.69) is 10.3 Å². The van der Waals surface area contributed by atoms with Gasteiger partial charge in [0.2, 0.25) is 5.91 Å². The van der Waals surface area contributed by atoms with Crippen LogP contribution >= 0.6 is 11.8 Å². The minimum Gasteiger partial charge on any atom is -0.351 e. The number of fused-ring (bicyclic) bond motifs is 3. The molecule has 1 aromatic heterocycles. The van der Waals surface area contributed by atoms with Crippen LogP contribution in [0.5, 0.6) is 0 Å². The maximum atomic E-state index is 13.9. The van der Waals surface area contributed by atoms with Crippen LogP contribution < -0.4 is 5.32 Å². The Morgan fingerprint density at radius 2 is 1.91 bits per heavy atom. The number of nitrogens with zero attached hydrogens (tertiary/aromatic N) is 1. The summed E-state index contributed by atoms with van der Waals surface area (Å²) in [5.41, 5.74) is 1.15. The smallest absolute Gasteiger partial charge is 0.272 e. The van der Waals surface area contributed by atoms with Crippen molar-refractivity contribution in [2.45, 2.75) is 55.6 Å². The van der Waals surface area contributed by atoms with Crippen molar-refractivity contribution in [2.75, 3.05) is 5.75 Å². The number of aromatic amines is 1. The van der Waals surface area contributed by atoms with Crippen LogP contribution in [0.25, 0.3) is 10.9 Å². The maximum Gasteiger partial charge on any atom is 0.272 e. The number of H-pyrrole nitrogens is 1. The van der Waals surface area contributed by atoms with Gasteiger partial charge in [0.05, 0.1) is 0 Å². The van der Waals surface area contributed by atoms with Crippen LogP contribution in [-0.2, 0) is 11.3 Å². The van der Waals surface area contributed by atoms with Crippen molar-refractivity contribution in [3.8, 4) is 0 Å². The third kappa shape index (κ3) is 3.68. The molecule has 1 aliphatic heterocycles. The van der Waals surface area contributed by atoms with E-state index in [0.29, 0.717) is 11.4 Å². The molecule has 7 heteroatoms. The molecule has 3 aromatic rings. The van der Waals surface area contributed by atoms with E-state index in [1.54, 1.807) is 28.8 Å². The van der Waals surface area contributed by atoms with Crippen molar-refractivity contribution < 1.29 is 14.0 Å². The largest absolute Gasteiger partial charge is 0.351 e. The molecule has 166 valence electrons. The van der Waals surface area contributed by atoms with Crippen molar-refractivity contribution in [2.24, 2.45) is 0 Å². The fourth-order valence-corrected chi connectivity index (χ4v) is 6.01. The number of thioether (sulfide) groups is 1. The van der Waals surface area contributed by atoms with Crippen molar-refractivity contribution in [1.29, 1.82) is 0 Å². The van der Waals surface area contributed by atoms with E-state index in [1.165, 1.54) is 12.1 Å². The van der Waals surface area contributed by atoms with Crippen molar-refractivity contribution in [1.82, 2.24) is 15.2 Å². The van der Waals surface area contributed by atoms with Gasteiger partial charge in [-0.15, -0.1) is 11.8 Å². The summed E-state index contributed by atoms with van der Waals surface area (Å²) < 4.78 is 13.5. The van der Waals surface area contributed by atoms with Gasteiger partial charge in [-0.25, -0.2) is 4.39 Å². The zero-order valence-corrected chi connectivity index (χ0v) is 18.8. The van der Waals surface area contributed by atoms with Crippen LogP contribution in [0.2, 0.25) is 0 Å². The summed E-state index contributed by atoms with van der Waals surface area (Å²) in [7, 11) is 0. The summed E-state index contributed by atoms with van der Waals surface area (Å²) in [6.45, 7) is 2.07. The molecule has 0 bridgehead atoms. The van der Waals surface area contributed by atoms with Gasteiger partial charge in [0, 0.05) is 34.1 Å². The van der Waals surface area contributed by atoms with E-state index in [4.69, 9.17) is 0 Å². The van der Waals surface area contributed by atoms with E-state index in [1.807, 2.05) is 31.2 Å². The average molecular weight is 452 g/mol. The number of carbonyl (C=O) groups is 2. The predicted molar refractivity (Wildman–Crippen MR) is 124 cm³/mol. The van der Waals surface area contributed by atoms with Gasteiger partial charge in [0.1, 0.15) is 17.1 Å². The topological polar surface area (TPSA) is 65.2 Å². The van der Waals surface area contributed by atoms with E-state index >= 15 is 0 Å². The van der Waals surface area contributed by atoms with Crippen LogP contribution in [0.1, 0.15) is 48.7 Å². The molecule has 2 N–H and O–H groups in total. The van der Waals surface area contributed by atoms with Crippen LogP contribution in [-0.4, -0.2) is 39.0 Å². The number of carbonyl (C=O) groups excluding carboxylic acids is 2. The number of rotatable bonds is 4. The highest BCUT2D eigenvalue weighted by Crippen LogP contribution is 2.40. The quantitative estimate of drug-likeness (QED) is 0.595. The molecule has 0 unspecified atom stereocenters. The second-order valence-corrected chi connectivity index (χ2v) is 9.90. The molecule has 32 heavy (non-hydrogen) atoms. The standard InChI is InChI=1S/C25H26FN3O2S/c1-25(24(31)27-18-6-2-3-7-18)15-32-22-19-8-4-5-9-20(19)28-21(22)23(30)29(25)14-16-10-12-17(26)13-11-16/h4-5,8-13,18,28H,2-3,6-7,14-15H2,1H3,(H,27,31)/t25-/m0/s1. The van der Waals surface area contributed by atoms with E-state index in [-0.39, 0.29) is 30.2 Å². The number of hydrogen-bond donors (Lipinski definition) is 2. The number of para-hydroxylation sites is 1. The Bertz CT molecular complexity index is 1170. The molecule has 5 nitrogen and oxygen atoms in total. The third-order valence-corrected chi connectivity index (χ3v) is 8.06. The second-order valence-electron chi connectivity index (χ2n) is 8.91. The van der Waals surface area contributed by atoms with Crippen LogP contribution in [0.3, 0.4) is 0 Å². The Hall–Kier alpha value is -2.80. The minimum absolute atomic E-state index is 0.123. The molecule has 0 saturated heterocycles. The number of amides is 2.